The van der Waals surface area contributed by atoms with Gasteiger partial charge in [-0.2, -0.15) is 5.10 Å². The van der Waals surface area contributed by atoms with Gasteiger partial charge in [-0.25, -0.2) is 15.0 Å². The van der Waals surface area contributed by atoms with E-state index in [-0.39, 0.29) is 12.5 Å². The minimum Gasteiger partial charge on any atom is -0.348 e. The fourth-order valence-corrected chi connectivity index (χ4v) is 3.36. The van der Waals surface area contributed by atoms with Crippen molar-refractivity contribution in [1.82, 2.24) is 30.1 Å². The van der Waals surface area contributed by atoms with Crippen LogP contribution in [0.4, 0.5) is 11.6 Å². The van der Waals surface area contributed by atoms with E-state index in [2.05, 4.69) is 35.5 Å². The maximum Gasteiger partial charge on any atom is 0.245 e. The number of rotatable bonds is 5. The minimum absolute atomic E-state index is 0.150. The van der Waals surface area contributed by atoms with Crippen LogP contribution in [-0.2, 0) is 4.79 Å². The molecular weight excluding hydrogens is 320 g/mol. The second kappa shape index (κ2) is 6.50. The molecule has 1 aliphatic rings. The largest absolute Gasteiger partial charge is 0.348 e. The molecule has 3 aromatic rings. The van der Waals surface area contributed by atoms with Gasteiger partial charge in [-0.1, -0.05) is 12.8 Å². The number of carbonyl (C=O) groups excluding carboxylic acids is 1. The summed E-state index contributed by atoms with van der Waals surface area (Å²) in [6, 6.07) is 1.94. The summed E-state index contributed by atoms with van der Waals surface area (Å²) in [5.74, 6) is 1.58. The van der Waals surface area contributed by atoms with E-state index in [1.807, 2.05) is 6.07 Å². The van der Waals surface area contributed by atoms with E-state index in [0.29, 0.717) is 28.7 Å². The first-order valence-corrected chi connectivity index (χ1v) is 8.41. The van der Waals surface area contributed by atoms with Crippen molar-refractivity contribution in [2.45, 2.75) is 31.6 Å². The van der Waals surface area contributed by atoms with E-state index in [1.54, 1.807) is 18.3 Å². The van der Waals surface area contributed by atoms with Crippen LogP contribution in [0.25, 0.3) is 11.2 Å². The maximum absolute atomic E-state index is 12.3. The Hall–Kier alpha value is -2.97. The van der Waals surface area contributed by atoms with Crippen LogP contribution < -0.4 is 10.2 Å². The number of nitrogens with one attached hydrogen (secondary N) is 3. The second-order valence-corrected chi connectivity index (χ2v) is 6.39. The molecule has 0 bridgehead atoms. The zero-order valence-electron chi connectivity index (χ0n) is 14.0. The fourth-order valence-electron chi connectivity index (χ4n) is 3.36. The van der Waals surface area contributed by atoms with Crippen LogP contribution in [0, 0.1) is 0 Å². The van der Waals surface area contributed by atoms with Crippen molar-refractivity contribution in [2.75, 3.05) is 23.8 Å². The first-order chi connectivity index (χ1) is 12.2. The lowest BCUT2D eigenvalue weighted by Gasteiger charge is -2.17. The van der Waals surface area contributed by atoms with Crippen molar-refractivity contribution in [3.63, 3.8) is 0 Å². The van der Waals surface area contributed by atoms with Crippen molar-refractivity contribution in [3.8, 4) is 0 Å². The molecule has 130 valence electrons. The van der Waals surface area contributed by atoms with Gasteiger partial charge >= 0.3 is 0 Å². The number of aromatic nitrogens is 6. The fraction of sp³-hybridized carbons (Fsp3) is 0.438. The van der Waals surface area contributed by atoms with E-state index < -0.39 is 0 Å². The lowest BCUT2D eigenvalue weighted by molar-refractivity contribution is -0.114. The topological polar surface area (TPSA) is 115 Å². The van der Waals surface area contributed by atoms with Gasteiger partial charge in [0.25, 0.3) is 0 Å². The Balaban J connectivity index is 1.41. The highest BCUT2D eigenvalue weighted by Gasteiger charge is 2.20. The number of fused-ring (bicyclic) bond motifs is 1. The quantitative estimate of drug-likeness (QED) is 0.652. The van der Waals surface area contributed by atoms with Crippen molar-refractivity contribution >= 4 is 28.7 Å². The Kier molecular flexibility index (Phi) is 4.04. The first kappa shape index (κ1) is 15.6. The third-order valence-electron chi connectivity index (χ3n) is 4.61. The van der Waals surface area contributed by atoms with E-state index in [1.165, 1.54) is 32.0 Å². The molecule has 9 nitrogen and oxygen atoms in total. The predicted octanol–water partition coefficient (Wildman–Crippen LogP) is 1.81. The first-order valence-electron chi connectivity index (χ1n) is 8.41. The number of hydrogen-bond donors (Lipinski definition) is 3. The van der Waals surface area contributed by atoms with Crippen molar-refractivity contribution in [3.05, 3.63) is 24.4 Å². The molecule has 4 rings (SSSR count). The normalized spacial score (nSPS) is 14.9. The molecule has 3 heterocycles. The monoisotopic (exact) mass is 340 g/mol. The summed E-state index contributed by atoms with van der Waals surface area (Å²) in [5.41, 5.74) is 2.39. The van der Waals surface area contributed by atoms with Gasteiger partial charge in [0.15, 0.2) is 17.3 Å². The van der Waals surface area contributed by atoms with Gasteiger partial charge < -0.3 is 15.2 Å². The standard InChI is InChI=1S/C16H20N8O/c1-24(16-14-15(18-8-17-14)19-9-20-16)7-13(25)21-12-6-11(22-23-12)10-4-2-3-5-10/h6,8-10H,2-5,7H2,1H3,(H,17,18,19,20)(H2,21,22,23,25). The summed E-state index contributed by atoms with van der Waals surface area (Å²) in [6.45, 7) is 0.150. The molecule has 1 aliphatic carbocycles. The number of aromatic amines is 2. The van der Waals surface area contributed by atoms with Gasteiger partial charge in [-0.15, -0.1) is 0 Å². The Morgan fingerprint density at radius 2 is 2.16 bits per heavy atom. The molecule has 1 amide bonds. The van der Waals surface area contributed by atoms with Gasteiger partial charge in [0.1, 0.15) is 11.8 Å². The number of nitrogens with zero attached hydrogens (tertiary/aromatic N) is 5. The number of imidazole rings is 1. The van der Waals surface area contributed by atoms with Gasteiger partial charge in [0.2, 0.25) is 5.91 Å². The molecule has 0 unspecified atom stereocenters. The van der Waals surface area contributed by atoms with Crippen LogP contribution in [0.15, 0.2) is 18.7 Å². The molecule has 1 saturated carbocycles. The SMILES string of the molecule is CN(CC(=O)Nc1cc(C2CCCC2)[nH]n1)c1ncnc2nc[nH]c12. The van der Waals surface area contributed by atoms with Crippen molar-refractivity contribution in [2.24, 2.45) is 0 Å². The predicted molar refractivity (Wildman–Crippen MR) is 93.4 cm³/mol. The number of anilines is 2. The van der Waals surface area contributed by atoms with Crippen LogP contribution in [0.2, 0.25) is 0 Å². The molecule has 0 spiro atoms. The zero-order chi connectivity index (χ0) is 17.2. The van der Waals surface area contributed by atoms with E-state index in [9.17, 15) is 4.79 Å². The molecule has 3 aromatic heterocycles. The number of likely N-dealkylation sites (N-methyl/N-ethyl adjacent to an activating group) is 1. The Bertz CT molecular complexity index is 879. The zero-order valence-corrected chi connectivity index (χ0v) is 14.0. The maximum atomic E-state index is 12.3. The summed E-state index contributed by atoms with van der Waals surface area (Å²) in [7, 11) is 1.80. The van der Waals surface area contributed by atoms with E-state index in [0.717, 1.165) is 5.69 Å². The Morgan fingerprint density at radius 3 is 3.00 bits per heavy atom. The van der Waals surface area contributed by atoms with Crippen LogP contribution in [0.1, 0.15) is 37.3 Å². The van der Waals surface area contributed by atoms with E-state index in [4.69, 9.17) is 0 Å². The summed E-state index contributed by atoms with van der Waals surface area (Å²) < 4.78 is 0. The minimum atomic E-state index is -0.154. The average molecular weight is 340 g/mol. The van der Waals surface area contributed by atoms with Gasteiger partial charge in [-0.05, 0) is 12.8 Å². The average Bonchev–Trinajstić information content (AvgIpc) is 3.34. The van der Waals surface area contributed by atoms with Crippen LogP contribution >= 0.6 is 0 Å². The lowest BCUT2D eigenvalue weighted by atomic mass is 10.0. The number of H-pyrrole nitrogens is 2. The third kappa shape index (κ3) is 3.17. The van der Waals surface area contributed by atoms with Crippen molar-refractivity contribution < 1.29 is 4.79 Å². The number of hydrogen-bond acceptors (Lipinski definition) is 6. The number of amides is 1. The molecule has 0 aliphatic heterocycles. The summed E-state index contributed by atoms with van der Waals surface area (Å²) in [6.07, 6.45) is 7.90. The molecule has 9 heteroatoms. The molecule has 0 saturated heterocycles. The van der Waals surface area contributed by atoms with Gasteiger partial charge in [0.05, 0.1) is 12.9 Å². The smallest absolute Gasteiger partial charge is 0.245 e. The Morgan fingerprint density at radius 1 is 1.32 bits per heavy atom. The highest BCUT2D eigenvalue weighted by Crippen LogP contribution is 2.33. The van der Waals surface area contributed by atoms with E-state index >= 15 is 0 Å². The molecule has 3 N–H and O–H groups in total. The summed E-state index contributed by atoms with van der Waals surface area (Å²) in [4.78, 5) is 29.5. The molecule has 25 heavy (non-hydrogen) atoms. The molecular formula is C16H20N8O. The van der Waals surface area contributed by atoms with Crippen LogP contribution in [-0.4, -0.2) is 49.6 Å². The molecule has 0 radical (unpaired) electrons. The second-order valence-electron chi connectivity index (χ2n) is 6.39. The highest BCUT2D eigenvalue weighted by molar-refractivity contribution is 5.94. The van der Waals surface area contributed by atoms with Crippen molar-refractivity contribution in [1.29, 1.82) is 0 Å². The van der Waals surface area contributed by atoms with Gasteiger partial charge in [0, 0.05) is 24.7 Å². The number of carbonyl (C=O) groups is 1. The van der Waals surface area contributed by atoms with Crippen LogP contribution in [0.5, 0.6) is 0 Å². The molecule has 0 atom stereocenters. The van der Waals surface area contributed by atoms with Crippen LogP contribution in [0.3, 0.4) is 0 Å². The summed E-state index contributed by atoms with van der Waals surface area (Å²) in [5, 5.41) is 10.1. The summed E-state index contributed by atoms with van der Waals surface area (Å²) >= 11 is 0. The lowest BCUT2D eigenvalue weighted by Crippen LogP contribution is -2.31. The molecule has 1 fully saturated rings. The Labute approximate surface area is 144 Å². The van der Waals surface area contributed by atoms with Gasteiger partial charge in [-0.3, -0.25) is 9.89 Å². The highest BCUT2D eigenvalue weighted by atomic mass is 16.2. The third-order valence-corrected chi connectivity index (χ3v) is 4.61. The molecule has 0 aromatic carbocycles.